The number of hydrogen-bond acceptors (Lipinski definition) is 4. The fourth-order valence-corrected chi connectivity index (χ4v) is 0.496. The molecule has 0 aliphatic heterocycles. The standard InChI is InChI=1S/2C6H10O2.Ni/c2*1-4(5(2)7)6(3)8;/h2*7H,1-3H3;/q;;+2/p-2/b2*5-4-;. The van der Waals surface area contributed by atoms with Gasteiger partial charge in [0.25, 0.3) is 0 Å². The van der Waals surface area contributed by atoms with Gasteiger partial charge in [-0.05, 0) is 38.8 Å². The molecule has 0 aromatic rings. The molecule has 0 N–H and O–H groups in total. The quantitative estimate of drug-likeness (QED) is 0.419. The van der Waals surface area contributed by atoms with Crippen LogP contribution in [0.25, 0.3) is 0 Å². The van der Waals surface area contributed by atoms with E-state index in [-0.39, 0.29) is 39.6 Å². The van der Waals surface area contributed by atoms with Crippen LogP contribution in [0.1, 0.15) is 41.5 Å². The minimum Gasteiger partial charge on any atom is -0.875 e. The molecule has 0 saturated carbocycles. The third-order valence-electron chi connectivity index (χ3n) is 2.11. The summed E-state index contributed by atoms with van der Waals surface area (Å²) < 4.78 is 0. The molecular weight excluding hydrogens is 267 g/mol. The first-order chi connectivity index (χ1) is 7.11. The van der Waals surface area contributed by atoms with Crippen molar-refractivity contribution in [2.24, 2.45) is 0 Å². The van der Waals surface area contributed by atoms with Gasteiger partial charge in [-0.1, -0.05) is 13.8 Å². The Morgan fingerprint density at radius 2 is 0.824 bits per heavy atom. The Balaban J connectivity index is -0.000000218. The van der Waals surface area contributed by atoms with Crippen LogP contribution in [0.15, 0.2) is 22.7 Å². The molecule has 0 aromatic carbocycles. The van der Waals surface area contributed by atoms with E-state index in [0.717, 1.165) is 0 Å². The van der Waals surface area contributed by atoms with E-state index in [1.54, 1.807) is 0 Å². The maximum atomic E-state index is 10.3. The predicted molar refractivity (Wildman–Crippen MR) is 58.1 cm³/mol. The number of allylic oxidation sites excluding steroid dienone is 4. The molecule has 0 rings (SSSR count). The first kappa shape index (κ1) is 21.2. The topological polar surface area (TPSA) is 80.3 Å². The number of ketones is 2. The van der Waals surface area contributed by atoms with Crippen molar-refractivity contribution in [2.45, 2.75) is 41.5 Å². The minimum absolute atomic E-state index is 0. The van der Waals surface area contributed by atoms with E-state index < -0.39 is 0 Å². The van der Waals surface area contributed by atoms with E-state index in [1.165, 1.54) is 41.5 Å². The Labute approximate surface area is 112 Å². The van der Waals surface area contributed by atoms with Crippen LogP contribution in [-0.2, 0) is 26.1 Å². The van der Waals surface area contributed by atoms with Crippen molar-refractivity contribution in [3.05, 3.63) is 22.7 Å². The SMILES string of the molecule is CC(=O)/C(C)=C(/C)[O-].CC(=O)/C(C)=C(/C)[O-].[Ni+2]. The summed E-state index contributed by atoms with van der Waals surface area (Å²) in [6.07, 6.45) is 0. The molecule has 0 aliphatic carbocycles. The maximum absolute atomic E-state index is 10.3. The zero-order valence-electron chi connectivity index (χ0n) is 10.9. The van der Waals surface area contributed by atoms with Gasteiger partial charge in [-0.25, -0.2) is 0 Å². The summed E-state index contributed by atoms with van der Waals surface area (Å²) in [5.41, 5.74) is 0.648. The van der Waals surface area contributed by atoms with Crippen LogP contribution in [-0.4, -0.2) is 11.6 Å². The number of carbonyl (C=O) groups is 2. The molecule has 4 nitrogen and oxygen atoms in total. The molecule has 0 aromatic heterocycles. The van der Waals surface area contributed by atoms with Crippen molar-refractivity contribution in [2.75, 3.05) is 0 Å². The zero-order chi connectivity index (χ0) is 13.5. The van der Waals surface area contributed by atoms with Gasteiger partial charge in [0.15, 0.2) is 11.6 Å². The summed E-state index contributed by atoms with van der Waals surface area (Å²) in [6, 6.07) is 0. The van der Waals surface area contributed by atoms with Crippen LogP contribution in [0.5, 0.6) is 0 Å². The smallest absolute Gasteiger partial charge is 0.875 e. The van der Waals surface area contributed by atoms with Crippen molar-refractivity contribution in [3.8, 4) is 0 Å². The second-order valence-electron chi connectivity index (χ2n) is 3.47. The molecule has 0 radical (unpaired) electrons. The average Bonchev–Trinajstić information content (AvgIpc) is 2.15. The van der Waals surface area contributed by atoms with Gasteiger partial charge in [0.2, 0.25) is 0 Å². The van der Waals surface area contributed by atoms with E-state index in [0.29, 0.717) is 11.1 Å². The van der Waals surface area contributed by atoms with Gasteiger partial charge in [0.1, 0.15) is 0 Å². The molecule has 0 atom stereocenters. The molecule has 0 spiro atoms. The molecule has 0 saturated heterocycles. The van der Waals surface area contributed by atoms with Crippen LogP contribution < -0.4 is 10.2 Å². The molecule has 0 bridgehead atoms. The maximum Gasteiger partial charge on any atom is 2.00 e. The van der Waals surface area contributed by atoms with Crippen LogP contribution in [0, 0.1) is 0 Å². The third-order valence-corrected chi connectivity index (χ3v) is 2.11. The van der Waals surface area contributed by atoms with Crippen molar-refractivity contribution >= 4 is 11.6 Å². The van der Waals surface area contributed by atoms with Crippen LogP contribution in [0.3, 0.4) is 0 Å². The Morgan fingerprint density at radius 3 is 0.824 bits per heavy atom. The summed E-state index contributed by atoms with van der Waals surface area (Å²) in [5, 5.41) is 20.7. The van der Waals surface area contributed by atoms with Crippen LogP contribution in [0.2, 0.25) is 0 Å². The van der Waals surface area contributed by atoms with Gasteiger partial charge in [-0.3, -0.25) is 9.59 Å². The van der Waals surface area contributed by atoms with E-state index >= 15 is 0 Å². The number of Topliss-reactive ketones (excluding diaryl/α,β-unsaturated/α-hetero) is 2. The Hall–Kier alpha value is -1.09. The number of hydrogen-bond donors (Lipinski definition) is 0. The number of rotatable bonds is 2. The normalized spacial score (nSPS) is 12.1. The second kappa shape index (κ2) is 10.1. The van der Waals surface area contributed by atoms with E-state index in [4.69, 9.17) is 0 Å². The zero-order valence-corrected chi connectivity index (χ0v) is 11.9. The molecule has 17 heavy (non-hydrogen) atoms. The molecule has 0 fully saturated rings. The van der Waals surface area contributed by atoms with Crippen molar-refractivity contribution in [3.63, 3.8) is 0 Å². The van der Waals surface area contributed by atoms with Gasteiger partial charge in [-0.15, -0.1) is 11.5 Å². The molecule has 5 heteroatoms. The van der Waals surface area contributed by atoms with Crippen molar-refractivity contribution in [1.82, 2.24) is 0 Å². The summed E-state index contributed by atoms with van der Waals surface area (Å²) in [4.78, 5) is 20.7. The molecular formula is C12H18NiO4. The van der Waals surface area contributed by atoms with Crippen molar-refractivity contribution < 1.29 is 36.3 Å². The summed E-state index contributed by atoms with van der Waals surface area (Å²) in [7, 11) is 0. The van der Waals surface area contributed by atoms with Gasteiger partial charge in [0.05, 0.1) is 0 Å². The van der Waals surface area contributed by atoms with Gasteiger partial charge in [0, 0.05) is 0 Å². The molecule has 0 aliphatic rings. The van der Waals surface area contributed by atoms with Gasteiger partial charge < -0.3 is 10.2 Å². The molecule has 0 amide bonds. The Morgan fingerprint density at radius 1 is 0.647 bits per heavy atom. The fourth-order valence-electron chi connectivity index (χ4n) is 0.496. The molecule has 0 unspecified atom stereocenters. The van der Waals surface area contributed by atoms with E-state index in [9.17, 15) is 19.8 Å². The molecule has 100 valence electrons. The summed E-state index contributed by atoms with van der Waals surface area (Å²) >= 11 is 0. The Bertz CT molecular complexity index is 298. The van der Waals surface area contributed by atoms with E-state index in [1.807, 2.05) is 0 Å². The van der Waals surface area contributed by atoms with Gasteiger partial charge in [-0.2, -0.15) is 0 Å². The Kier molecular flexibility index (Phi) is 12.6. The van der Waals surface area contributed by atoms with Crippen LogP contribution in [0.4, 0.5) is 0 Å². The van der Waals surface area contributed by atoms with Gasteiger partial charge >= 0.3 is 16.5 Å². The predicted octanol–water partition coefficient (Wildman–Crippen LogP) is 0.457. The minimum atomic E-state index is -0.141. The summed E-state index contributed by atoms with van der Waals surface area (Å²) in [6.45, 7) is 8.61. The van der Waals surface area contributed by atoms with Crippen molar-refractivity contribution in [1.29, 1.82) is 0 Å². The fraction of sp³-hybridized carbons (Fsp3) is 0.500. The first-order valence-electron chi connectivity index (χ1n) is 4.82. The third kappa shape index (κ3) is 11.2. The summed E-state index contributed by atoms with van der Waals surface area (Å²) in [5.74, 6) is -0.565. The monoisotopic (exact) mass is 284 g/mol. The van der Waals surface area contributed by atoms with E-state index in [2.05, 4.69) is 0 Å². The van der Waals surface area contributed by atoms with Crippen LogP contribution >= 0.6 is 0 Å². The second-order valence-corrected chi connectivity index (χ2v) is 3.47. The number of carbonyl (C=O) groups excluding carboxylic acids is 2. The average molecular weight is 285 g/mol. The first-order valence-corrected chi connectivity index (χ1v) is 4.82. The molecule has 0 heterocycles. The largest absolute Gasteiger partial charge is 2.00 e.